The maximum Gasteiger partial charge on any atom is 0.130 e. The van der Waals surface area contributed by atoms with Crippen molar-refractivity contribution in [2.24, 2.45) is 5.92 Å². The first-order valence-corrected chi connectivity index (χ1v) is 14.0. The molecule has 4 rings (SSSR count). The third-order valence-electron chi connectivity index (χ3n) is 6.69. The molecule has 2 N–H and O–H groups in total. The molecule has 0 atom stereocenters. The highest BCUT2D eigenvalue weighted by atomic mass is 32.2. The maximum atomic E-state index is 11.8. The zero-order valence-corrected chi connectivity index (χ0v) is 23.2. The topological polar surface area (TPSA) is 75.7 Å². The van der Waals surface area contributed by atoms with E-state index in [0.29, 0.717) is 18.6 Å². The molecule has 0 radical (unpaired) electrons. The van der Waals surface area contributed by atoms with Crippen LogP contribution in [0.1, 0.15) is 50.8 Å². The zero-order chi connectivity index (χ0) is 26.0. The molecule has 1 aromatic carbocycles. The fourth-order valence-corrected chi connectivity index (χ4v) is 4.53. The minimum absolute atomic E-state index is 0.308. The average Bonchev–Trinajstić information content (AvgIpc) is 3.71. The SMILES string of the molecule is CNSC.COCc1ccc(Nc2cc(C3(C=O)CC3)ccc2N(CC(C)C)C2CCOCC2)cn1. The number of rotatable bonds is 11. The van der Waals surface area contributed by atoms with Crippen molar-refractivity contribution in [1.29, 1.82) is 0 Å². The molecule has 1 saturated heterocycles. The van der Waals surface area contributed by atoms with Crippen molar-refractivity contribution >= 4 is 35.3 Å². The lowest BCUT2D eigenvalue weighted by molar-refractivity contribution is -0.109. The van der Waals surface area contributed by atoms with Gasteiger partial charge in [0.2, 0.25) is 0 Å². The van der Waals surface area contributed by atoms with Gasteiger partial charge in [0.1, 0.15) is 6.29 Å². The zero-order valence-electron chi connectivity index (χ0n) is 22.4. The van der Waals surface area contributed by atoms with Crippen molar-refractivity contribution in [1.82, 2.24) is 9.71 Å². The van der Waals surface area contributed by atoms with E-state index >= 15 is 0 Å². The predicted molar refractivity (Wildman–Crippen MR) is 150 cm³/mol. The molecule has 1 aliphatic carbocycles. The Morgan fingerprint density at radius 3 is 2.50 bits per heavy atom. The molecule has 0 spiro atoms. The Bertz CT molecular complexity index is 942. The van der Waals surface area contributed by atoms with Crippen molar-refractivity contribution in [3.63, 3.8) is 0 Å². The lowest BCUT2D eigenvalue weighted by Crippen LogP contribution is -2.42. The van der Waals surface area contributed by atoms with Gasteiger partial charge in [-0.3, -0.25) is 9.71 Å². The maximum absolute atomic E-state index is 11.8. The van der Waals surface area contributed by atoms with Crippen LogP contribution in [0.25, 0.3) is 0 Å². The second-order valence-electron chi connectivity index (χ2n) is 9.90. The number of hydrogen-bond acceptors (Lipinski definition) is 8. The molecule has 8 heteroatoms. The van der Waals surface area contributed by atoms with Crippen LogP contribution in [-0.2, 0) is 26.3 Å². The highest BCUT2D eigenvalue weighted by Crippen LogP contribution is 2.48. The first-order valence-electron chi connectivity index (χ1n) is 12.8. The van der Waals surface area contributed by atoms with Crippen LogP contribution in [0, 0.1) is 5.92 Å². The second-order valence-corrected chi connectivity index (χ2v) is 10.7. The van der Waals surface area contributed by atoms with E-state index in [1.54, 1.807) is 19.1 Å². The number of aldehydes is 1. The number of nitrogens with zero attached hydrogens (tertiary/aromatic N) is 2. The molecule has 1 aliphatic heterocycles. The van der Waals surface area contributed by atoms with E-state index in [4.69, 9.17) is 9.47 Å². The molecule has 7 nitrogen and oxygen atoms in total. The van der Waals surface area contributed by atoms with Gasteiger partial charge in [0.05, 0.1) is 41.0 Å². The number of carbonyl (C=O) groups is 1. The Morgan fingerprint density at radius 2 is 1.97 bits per heavy atom. The van der Waals surface area contributed by atoms with Gasteiger partial charge in [0.25, 0.3) is 0 Å². The van der Waals surface area contributed by atoms with E-state index in [9.17, 15) is 4.79 Å². The number of benzene rings is 1. The summed E-state index contributed by atoms with van der Waals surface area (Å²) >= 11 is 1.61. The minimum atomic E-state index is -0.308. The van der Waals surface area contributed by atoms with Crippen LogP contribution in [0.4, 0.5) is 17.1 Å². The first kappa shape index (κ1) is 28.4. The van der Waals surface area contributed by atoms with Crippen LogP contribution >= 0.6 is 11.9 Å². The van der Waals surface area contributed by atoms with E-state index in [-0.39, 0.29) is 5.41 Å². The smallest absolute Gasteiger partial charge is 0.130 e. The Balaban J connectivity index is 0.000000840. The van der Waals surface area contributed by atoms with Gasteiger partial charge >= 0.3 is 0 Å². The molecular formula is C28H42N4O3S. The van der Waals surface area contributed by atoms with E-state index in [2.05, 4.69) is 52.0 Å². The largest absolute Gasteiger partial charge is 0.381 e. The van der Waals surface area contributed by atoms with Gasteiger partial charge in [-0.15, -0.1) is 0 Å². The summed E-state index contributed by atoms with van der Waals surface area (Å²) in [5.74, 6) is 0.533. The molecule has 2 heterocycles. The monoisotopic (exact) mass is 514 g/mol. The van der Waals surface area contributed by atoms with Crippen LogP contribution in [0.3, 0.4) is 0 Å². The standard InChI is InChI=1S/C26H35N3O3.C2H7NS/c1-19(2)16-29(23-8-12-32-13-9-23)25-7-4-20(26(18-30)10-11-26)14-24(25)28-21-5-6-22(17-31-3)27-15-21;1-3-4-2/h4-7,14-15,18-19,23,28H,8-13,16-17H2,1-3H3;3H,1-2H3. The van der Waals surface area contributed by atoms with Crippen LogP contribution in [0.15, 0.2) is 36.5 Å². The van der Waals surface area contributed by atoms with Gasteiger partial charge in [-0.1, -0.05) is 31.9 Å². The summed E-state index contributed by atoms with van der Waals surface area (Å²) in [7, 11) is 3.57. The van der Waals surface area contributed by atoms with Crippen molar-refractivity contribution in [3.8, 4) is 0 Å². The molecular weight excluding hydrogens is 472 g/mol. The normalized spacial score (nSPS) is 16.7. The molecule has 0 bridgehead atoms. The van der Waals surface area contributed by atoms with E-state index in [1.165, 1.54) is 5.69 Å². The summed E-state index contributed by atoms with van der Waals surface area (Å²) in [5.41, 5.74) is 4.82. The molecule has 1 aromatic heterocycles. The predicted octanol–water partition coefficient (Wildman–Crippen LogP) is 5.33. The Morgan fingerprint density at radius 1 is 1.25 bits per heavy atom. The van der Waals surface area contributed by atoms with Crippen molar-refractivity contribution in [2.75, 3.05) is 50.4 Å². The molecule has 0 unspecified atom stereocenters. The molecule has 198 valence electrons. The number of methoxy groups -OCH3 is 1. The lowest BCUT2D eigenvalue weighted by atomic mass is 9.95. The number of nitrogens with one attached hydrogen (secondary N) is 2. The van der Waals surface area contributed by atoms with Gasteiger partial charge in [-0.05, 0) is 74.7 Å². The number of anilines is 3. The van der Waals surface area contributed by atoms with Gasteiger partial charge in [0.15, 0.2) is 0 Å². The minimum Gasteiger partial charge on any atom is -0.381 e. The molecule has 36 heavy (non-hydrogen) atoms. The fraction of sp³-hybridized carbons (Fsp3) is 0.571. The summed E-state index contributed by atoms with van der Waals surface area (Å²) in [5, 5.41) is 3.61. The quantitative estimate of drug-likeness (QED) is 0.308. The Kier molecular flexibility index (Phi) is 11.0. The molecule has 2 fully saturated rings. The van der Waals surface area contributed by atoms with Crippen LogP contribution in [0.5, 0.6) is 0 Å². The fourth-order valence-electron chi connectivity index (χ4n) is 4.53. The summed E-state index contributed by atoms with van der Waals surface area (Å²) < 4.78 is 13.7. The third-order valence-corrected chi connectivity index (χ3v) is 7.10. The summed E-state index contributed by atoms with van der Waals surface area (Å²) in [6, 6.07) is 11.0. The molecule has 0 amide bonds. The van der Waals surface area contributed by atoms with Crippen LogP contribution in [-0.4, -0.2) is 57.5 Å². The van der Waals surface area contributed by atoms with Crippen LogP contribution in [0.2, 0.25) is 0 Å². The summed E-state index contributed by atoms with van der Waals surface area (Å²) in [4.78, 5) is 18.8. The van der Waals surface area contributed by atoms with Gasteiger partial charge < -0.3 is 24.5 Å². The second kappa shape index (κ2) is 14.0. The van der Waals surface area contributed by atoms with Crippen molar-refractivity contribution in [3.05, 3.63) is 47.8 Å². The number of pyridine rings is 1. The highest BCUT2D eigenvalue weighted by Gasteiger charge is 2.44. The van der Waals surface area contributed by atoms with E-state index in [0.717, 1.165) is 74.4 Å². The highest BCUT2D eigenvalue weighted by molar-refractivity contribution is 7.96. The lowest BCUT2D eigenvalue weighted by Gasteiger charge is -2.38. The third kappa shape index (κ3) is 7.68. The van der Waals surface area contributed by atoms with Crippen LogP contribution < -0.4 is 14.9 Å². The van der Waals surface area contributed by atoms with E-state index in [1.807, 2.05) is 31.6 Å². The first-order chi connectivity index (χ1) is 17.5. The number of aromatic nitrogens is 1. The summed E-state index contributed by atoms with van der Waals surface area (Å²) in [6.07, 6.45) is 8.87. The number of carbonyl (C=O) groups excluding carboxylic acids is 1. The van der Waals surface area contributed by atoms with Crippen molar-refractivity contribution in [2.45, 2.75) is 57.6 Å². The van der Waals surface area contributed by atoms with Crippen molar-refractivity contribution < 1.29 is 14.3 Å². The molecule has 1 saturated carbocycles. The van der Waals surface area contributed by atoms with Gasteiger partial charge in [-0.2, -0.15) is 0 Å². The van der Waals surface area contributed by atoms with E-state index < -0.39 is 0 Å². The molecule has 2 aliphatic rings. The average molecular weight is 515 g/mol. The molecule has 2 aromatic rings. The van der Waals surface area contributed by atoms with Gasteiger partial charge in [-0.25, -0.2) is 0 Å². The Labute approximate surface area is 220 Å². The Hall–Kier alpha value is -2.13. The van der Waals surface area contributed by atoms with Gasteiger partial charge in [0, 0.05) is 32.9 Å². The number of hydrogen-bond donors (Lipinski definition) is 2. The summed E-state index contributed by atoms with van der Waals surface area (Å²) in [6.45, 7) is 7.60. The number of ether oxygens (including phenoxy) is 2.